The van der Waals surface area contributed by atoms with Crippen molar-refractivity contribution in [3.63, 3.8) is 0 Å². The lowest BCUT2D eigenvalue weighted by atomic mass is 9.92. The molecule has 9 nitrogen and oxygen atoms in total. The topological polar surface area (TPSA) is 133 Å². The second-order valence-electron chi connectivity index (χ2n) is 7.74. The van der Waals surface area contributed by atoms with Crippen LogP contribution in [0.3, 0.4) is 0 Å². The first-order valence-corrected chi connectivity index (χ1v) is 9.99. The predicted octanol–water partition coefficient (Wildman–Crippen LogP) is 0.0273. The second kappa shape index (κ2) is 9.06. The van der Waals surface area contributed by atoms with E-state index < -0.39 is 35.4 Å². The summed E-state index contributed by atoms with van der Waals surface area (Å²) in [6.07, 6.45) is 1.74. The maximum atomic E-state index is 13.2. The smallest absolute Gasteiger partial charge is 0.326 e. The van der Waals surface area contributed by atoms with Crippen LogP contribution in [-0.4, -0.2) is 64.2 Å². The first-order chi connectivity index (χ1) is 14.4. The van der Waals surface area contributed by atoms with Crippen LogP contribution in [0, 0.1) is 0 Å². The Kier molecular flexibility index (Phi) is 6.49. The molecule has 2 aliphatic heterocycles. The van der Waals surface area contributed by atoms with Crippen molar-refractivity contribution in [2.75, 3.05) is 6.54 Å². The van der Waals surface area contributed by atoms with Crippen molar-refractivity contribution in [2.45, 2.75) is 56.1 Å². The van der Waals surface area contributed by atoms with E-state index in [1.807, 2.05) is 18.2 Å². The van der Waals surface area contributed by atoms with E-state index in [1.165, 1.54) is 4.90 Å². The molecule has 3 N–H and O–H groups in total. The largest absolute Gasteiger partial charge is 0.480 e. The first-order valence-electron chi connectivity index (χ1n) is 9.99. The Bertz CT molecular complexity index is 842. The van der Waals surface area contributed by atoms with Gasteiger partial charge in [0.1, 0.15) is 23.9 Å². The minimum absolute atomic E-state index is 0.117. The van der Waals surface area contributed by atoms with E-state index in [2.05, 4.69) is 10.6 Å². The van der Waals surface area contributed by atoms with Crippen LogP contribution in [0.15, 0.2) is 30.3 Å². The summed E-state index contributed by atoms with van der Waals surface area (Å²) in [5.74, 6) is -2.50. The molecule has 2 aliphatic rings. The summed E-state index contributed by atoms with van der Waals surface area (Å²) in [5, 5.41) is 14.7. The number of carbonyl (C=O) groups is 5. The van der Waals surface area contributed by atoms with Gasteiger partial charge < -0.3 is 25.4 Å². The zero-order valence-corrected chi connectivity index (χ0v) is 16.5. The SMILES string of the molecule is O=CC[C@@]1(C(=O)N[C@@H](Cc2ccccc2)C(=O)N2CCC[C@H]2C(=O)O)CCC(=O)N1. The zero-order chi connectivity index (χ0) is 21.7. The monoisotopic (exact) mass is 415 g/mol. The highest BCUT2D eigenvalue weighted by atomic mass is 16.4. The van der Waals surface area contributed by atoms with Crippen molar-refractivity contribution < 1.29 is 29.1 Å². The van der Waals surface area contributed by atoms with Gasteiger partial charge in [-0.2, -0.15) is 0 Å². The number of hydrogen-bond donors (Lipinski definition) is 3. The minimum Gasteiger partial charge on any atom is -0.480 e. The van der Waals surface area contributed by atoms with Crippen LogP contribution in [0.4, 0.5) is 0 Å². The number of nitrogens with zero attached hydrogens (tertiary/aromatic N) is 1. The lowest BCUT2D eigenvalue weighted by molar-refractivity contribution is -0.149. The molecule has 0 spiro atoms. The van der Waals surface area contributed by atoms with Crippen LogP contribution in [-0.2, 0) is 30.4 Å². The van der Waals surface area contributed by atoms with E-state index in [-0.39, 0.29) is 31.6 Å². The summed E-state index contributed by atoms with van der Waals surface area (Å²) in [6, 6.07) is 7.11. The number of hydrogen-bond acceptors (Lipinski definition) is 5. The lowest BCUT2D eigenvalue weighted by Crippen LogP contribution is -2.60. The zero-order valence-electron chi connectivity index (χ0n) is 16.5. The molecule has 0 unspecified atom stereocenters. The van der Waals surface area contributed by atoms with Gasteiger partial charge in [-0.15, -0.1) is 0 Å². The Morgan fingerprint density at radius 3 is 2.63 bits per heavy atom. The van der Waals surface area contributed by atoms with Crippen LogP contribution in [0.5, 0.6) is 0 Å². The Morgan fingerprint density at radius 2 is 2.03 bits per heavy atom. The molecule has 2 fully saturated rings. The van der Waals surface area contributed by atoms with Gasteiger partial charge in [-0.05, 0) is 24.8 Å². The molecule has 0 aliphatic carbocycles. The van der Waals surface area contributed by atoms with Gasteiger partial charge in [0.25, 0.3) is 0 Å². The van der Waals surface area contributed by atoms with Gasteiger partial charge in [0.05, 0.1) is 0 Å². The van der Waals surface area contributed by atoms with E-state index in [4.69, 9.17) is 0 Å². The predicted molar refractivity (Wildman–Crippen MR) is 105 cm³/mol. The molecule has 160 valence electrons. The Labute approximate surface area is 173 Å². The number of nitrogens with one attached hydrogen (secondary N) is 2. The average molecular weight is 415 g/mol. The summed E-state index contributed by atoms with van der Waals surface area (Å²) in [7, 11) is 0. The molecule has 0 bridgehead atoms. The van der Waals surface area contributed by atoms with Gasteiger partial charge in [-0.25, -0.2) is 4.79 Å². The van der Waals surface area contributed by atoms with E-state index in [0.29, 0.717) is 25.7 Å². The highest BCUT2D eigenvalue weighted by Crippen LogP contribution is 2.25. The summed E-state index contributed by atoms with van der Waals surface area (Å²) < 4.78 is 0. The van der Waals surface area contributed by atoms with E-state index in [0.717, 1.165) is 5.56 Å². The second-order valence-corrected chi connectivity index (χ2v) is 7.74. The fourth-order valence-electron chi connectivity index (χ4n) is 4.11. The maximum absolute atomic E-state index is 13.2. The third-order valence-corrected chi connectivity index (χ3v) is 5.73. The number of benzene rings is 1. The first kappa shape index (κ1) is 21.5. The lowest BCUT2D eigenvalue weighted by Gasteiger charge is -2.31. The normalized spacial score (nSPS) is 24.2. The van der Waals surface area contributed by atoms with Crippen LogP contribution >= 0.6 is 0 Å². The van der Waals surface area contributed by atoms with Crippen molar-refractivity contribution in [1.29, 1.82) is 0 Å². The number of carboxylic acids is 1. The fraction of sp³-hybridized carbons (Fsp3) is 0.476. The Hall–Kier alpha value is -3.23. The summed E-state index contributed by atoms with van der Waals surface area (Å²) in [6.45, 7) is 0.299. The summed E-state index contributed by atoms with van der Waals surface area (Å²) in [4.78, 5) is 62.0. The molecule has 9 heteroatoms. The minimum atomic E-state index is -1.38. The quantitative estimate of drug-likeness (QED) is 0.513. The molecule has 2 heterocycles. The summed E-state index contributed by atoms with van der Waals surface area (Å²) in [5.41, 5.74) is -0.590. The molecular weight excluding hydrogens is 390 g/mol. The van der Waals surface area contributed by atoms with Crippen molar-refractivity contribution in [3.05, 3.63) is 35.9 Å². The standard InChI is InChI=1S/C21H25N3O6/c25-12-10-21(9-8-17(26)23-21)20(30)22-15(13-14-5-2-1-3-6-14)18(27)24-11-4-7-16(24)19(28)29/h1-3,5-6,12,15-16H,4,7-11,13H2,(H,22,30)(H,23,26)(H,28,29)/t15-,16-,21+/m0/s1. The highest BCUT2D eigenvalue weighted by molar-refractivity contribution is 5.99. The van der Waals surface area contributed by atoms with Gasteiger partial charge in [0.2, 0.25) is 17.7 Å². The van der Waals surface area contributed by atoms with Crippen LogP contribution in [0.2, 0.25) is 0 Å². The van der Waals surface area contributed by atoms with Crippen molar-refractivity contribution in [1.82, 2.24) is 15.5 Å². The van der Waals surface area contributed by atoms with Crippen molar-refractivity contribution >= 4 is 30.0 Å². The van der Waals surface area contributed by atoms with Crippen molar-refractivity contribution in [2.24, 2.45) is 0 Å². The number of rotatable bonds is 8. The number of carboxylic acid groups (broad SMARTS) is 1. The number of aldehydes is 1. The number of aliphatic carboxylic acids is 1. The number of amides is 3. The van der Waals surface area contributed by atoms with Gasteiger partial charge in [-0.1, -0.05) is 30.3 Å². The van der Waals surface area contributed by atoms with E-state index in [1.54, 1.807) is 12.1 Å². The third-order valence-electron chi connectivity index (χ3n) is 5.73. The molecule has 0 aromatic heterocycles. The van der Waals surface area contributed by atoms with Crippen LogP contribution in [0.1, 0.15) is 37.7 Å². The molecule has 2 saturated heterocycles. The van der Waals surface area contributed by atoms with E-state index in [9.17, 15) is 29.1 Å². The number of carbonyl (C=O) groups excluding carboxylic acids is 4. The molecule has 1 aromatic carbocycles. The van der Waals surface area contributed by atoms with Gasteiger partial charge in [0, 0.05) is 25.8 Å². The van der Waals surface area contributed by atoms with Gasteiger partial charge in [-0.3, -0.25) is 14.4 Å². The number of likely N-dealkylation sites (tertiary alicyclic amines) is 1. The molecule has 0 radical (unpaired) electrons. The molecule has 30 heavy (non-hydrogen) atoms. The highest BCUT2D eigenvalue weighted by Gasteiger charge is 2.46. The van der Waals surface area contributed by atoms with Crippen LogP contribution in [0.25, 0.3) is 0 Å². The average Bonchev–Trinajstić information content (AvgIpc) is 3.36. The Morgan fingerprint density at radius 1 is 1.30 bits per heavy atom. The van der Waals surface area contributed by atoms with Gasteiger partial charge >= 0.3 is 5.97 Å². The Balaban J connectivity index is 1.84. The molecule has 3 amide bonds. The summed E-state index contributed by atoms with van der Waals surface area (Å²) >= 11 is 0. The molecule has 3 atom stereocenters. The molecular formula is C21H25N3O6. The third kappa shape index (κ3) is 4.50. The van der Waals surface area contributed by atoms with Crippen molar-refractivity contribution in [3.8, 4) is 0 Å². The van der Waals surface area contributed by atoms with Crippen LogP contribution < -0.4 is 10.6 Å². The maximum Gasteiger partial charge on any atom is 0.326 e. The van der Waals surface area contributed by atoms with E-state index >= 15 is 0 Å². The molecule has 1 aromatic rings. The molecule has 3 rings (SSSR count). The molecule has 0 saturated carbocycles. The van der Waals surface area contributed by atoms with Gasteiger partial charge in [0.15, 0.2) is 0 Å². The fourth-order valence-corrected chi connectivity index (χ4v) is 4.11.